The second kappa shape index (κ2) is 11.5. The molecule has 180 valence electrons. The van der Waals surface area contributed by atoms with E-state index < -0.39 is 12.0 Å². The fourth-order valence-electron chi connectivity index (χ4n) is 3.94. The number of carbonyl (C=O) groups excluding carboxylic acids is 3. The highest BCUT2D eigenvalue weighted by Gasteiger charge is 2.36. The SMILES string of the molecule is CCCCN1C(=O)NC(c2cccc(NC(=O)Cc3ccccc3)c2)C(C(=O)OC(C)C)=C1C. The van der Waals surface area contributed by atoms with Crippen molar-refractivity contribution in [1.29, 1.82) is 0 Å². The zero-order chi connectivity index (χ0) is 24.7. The fourth-order valence-corrected chi connectivity index (χ4v) is 3.94. The van der Waals surface area contributed by atoms with Gasteiger partial charge in [-0.15, -0.1) is 0 Å². The summed E-state index contributed by atoms with van der Waals surface area (Å²) in [7, 11) is 0. The van der Waals surface area contributed by atoms with Gasteiger partial charge in [0.2, 0.25) is 5.91 Å². The first-order chi connectivity index (χ1) is 16.3. The van der Waals surface area contributed by atoms with E-state index in [1.807, 2.05) is 36.4 Å². The van der Waals surface area contributed by atoms with Crippen LogP contribution < -0.4 is 10.6 Å². The Morgan fingerprint density at radius 3 is 2.53 bits per heavy atom. The number of anilines is 1. The first kappa shape index (κ1) is 25.0. The summed E-state index contributed by atoms with van der Waals surface area (Å²) in [5, 5.41) is 5.87. The Morgan fingerprint density at radius 1 is 1.12 bits per heavy atom. The number of allylic oxidation sites excluding steroid dienone is 1. The highest BCUT2D eigenvalue weighted by molar-refractivity contribution is 5.95. The molecule has 0 radical (unpaired) electrons. The van der Waals surface area contributed by atoms with Gasteiger partial charge >= 0.3 is 12.0 Å². The zero-order valence-corrected chi connectivity index (χ0v) is 20.3. The van der Waals surface area contributed by atoms with Gasteiger partial charge in [0.05, 0.1) is 24.1 Å². The van der Waals surface area contributed by atoms with Gasteiger partial charge in [-0.05, 0) is 50.5 Å². The summed E-state index contributed by atoms with van der Waals surface area (Å²) in [6, 6.07) is 15.8. The Kier molecular flexibility index (Phi) is 8.46. The third-order valence-electron chi connectivity index (χ3n) is 5.61. The molecule has 2 aromatic carbocycles. The van der Waals surface area contributed by atoms with E-state index >= 15 is 0 Å². The number of benzene rings is 2. The Morgan fingerprint density at radius 2 is 1.85 bits per heavy atom. The number of nitrogens with one attached hydrogen (secondary N) is 2. The molecule has 0 aromatic heterocycles. The van der Waals surface area contributed by atoms with E-state index in [1.165, 1.54) is 0 Å². The standard InChI is InChI=1S/C27H33N3O4/c1-5-6-15-30-19(4)24(26(32)34-18(2)3)25(29-27(30)33)21-13-10-14-22(17-21)28-23(31)16-20-11-8-7-9-12-20/h7-14,17-18,25H,5-6,15-16H2,1-4H3,(H,28,31)(H,29,33). The zero-order valence-electron chi connectivity index (χ0n) is 20.3. The Hall–Kier alpha value is -3.61. The minimum absolute atomic E-state index is 0.145. The van der Waals surface area contributed by atoms with Crippen molar-refractivity contribution in [2.24, 2.45) is 0 Å². The van der Waals surface area contributed by atoms with Crippen molar-refractivity contribution in [1.82, 2.24) is 10.2 Å². The molecule has 2 N–H and O–H groups in total. The van der Waals surface area contributed by atoms with Crippen molar-refractivity contribution in [2.75, 3.05) is 11.9 Å². The third-order valence-corrected chi connectivity index (χ3v) is 5.61. The summed E-state index contributed by atoms with van der Waals surface area (Å²) in [6.45, 7) is 7.94. The van der Waals surface area contributed by atoms with Crippen LogP contribution in [0.5, 0.6) is 0 Å². The number of hydrogen-bond donors (Lipinski definition) is 2. The summed E-state index contributed by atoms with van der Waals surface area (Å²) in [5.74, 6) is -0.606. The van der Waals surface area contributed by atoms with Crippen LogP contribution in [0, 0.1) is 0 Å². The number of urea groups is 1. The highest BCUT2D eigenvalue weighted by Crippen LogP contribution is 2.33. The van der Waals surface area contributed by atoms with Crippen LogP contribution in [-0.4, -0.2) is 35.5 Å². The van der Waals surface area contributed by atoms with E-state index in [0.29, 0.717) is 29.1 Å². The lowest BCUT2D eigenvalue weighted by Crippen LogP contribution is -2.48. The second-order valence-electron chi connectivity index (χ2n) is 8.68. The number of esters is 1. The maximum Gasteiger partial charge on any atom is 0.338 e. The molecule has 0 saturated heterocycles. The molecule has 7 heteroatoms. The maximum atomic E-state index is 13.1. The third kappa shape index (κ3) is 6.25. The lowest BCUT2D eigenvalue weighted by Gasteiger charge is -2.35. The second-order valence-corrected chi connectivity index (χ2v) is 8.68. The molecule has 2 aromatic rings. The molecule has 0 bridgehead atoms. The smallest absolute Gasteiger partial charge is 0.338 e. The van der Waals surface area contributed by atoms with Gasteiger partial charge in [0.1, 0.15) is 0 Å². The van der Waals surface area contributed by atoms with Crippen molar-refractivity contribution in [3.63, 3.8) is 0 Å². The van der Waals surface area contributed by atoms with Gasteiger partial charge in [-0.3, -0.25) is 9.69 Å². The lowest BCUT2D eigenvalue weighted by atomic mass is 9.94. The van der Waals surface area contributed by atoms with Gasteiger partial charge in [0, 0.05) is 17.9 Å². The van der Waals surface area contributed by atoms with Gasteiger partial charge in [0.25, 0.3) is 0 Å². The number of unbranched alkanes of at least 4 members (excludes halogenated alkanes) is 1. The van der Waals surface area contributed by atoms with Crippen molar-refractivity contribution < 1.29 is 19.1 Å². The predicted molar refractivity (Wildman–Crippen MR) is 132 cm³/mol. The molecule has 0 saturated carbocycles. The van der Waals surface area contributed by atoms with Gasteiger partial charge in [0.15, 0.2) is 0 Å². The van der Waals surface area contributed by atoms with Crippen LogP contribution in [-0.2, 0) is 20.7 Å². The molecule has 34 heavy (non-hydrogen) atoms. The van der Waals surface area contributed by atoms with E-state index in [-0.39, 0.29) is 24.5 Å². The molecule has 1 aliphatic heterocycles. The quantitative estimate of drug-likeness (QED) is 0.515. The van der Waals surface area contributed by atoms with Crippen molar-refractivity contribution >= 4 is 23.6 Å². The Balaban J connectivity index is 1.88. The van der Waals surface area contributed by atoms with Gasteiger partial charge in [-0.1, -0.05) is 55.8 Å². The summed E-state index contributed by atoms with van der Waals surface area (Å²) >= 11 is 0. The Bertz CT molecular complexity index is 1060. The molecular weight excluding hydrogens is 430 g/mol. The highest BCUT2D eigenvalue weighted by atomic mass is 16.5. The molecular formula is C27H33N3O4. The largest absolute Gasteiger partial charge is 0.459 e. The summed E-state index contributed by atoms with van der Waals surface area (Å²) in [5.41, 5.74) is 3.19. The molecule has 1 unspecified atom stereocenters. The number of carbonyl (C=O) groups is 3. The van der Waals surface area contributed by atoms with Crippen LogP contribution >= 0.6 is 0 Å². The van der Waals surface area contributed by atoms with Crippen molar-refractivity contribution in [3.8, 4) is 0 Å². The number of hydrogen-bond acceptors (Lipinski definition) is 4. The van der Waals surface area contributed by atoms with Gasteiger partial charge in [-0.2, -0.15) is 0 Å². The summed E-state index contributed by atoms with van der Waals surface area (Å²) in [6.07, 6.45) is 1.71. The van der Waals surface area contributed by atoms with E-state index in [0.717, 1.165) is 18.4 Å². The lowest BCUT2D eigenvalue weighted by molar-refractivity contribution is -0.143. The van der Waals surface area contributed by atoms with Gasteiger partial charge in [-0.25, -0.2) is 9.59 Å². The molecule has 1 aliphatic rings. The van der Waals surface area contributed by atoms with Crippen LogP contribution in [0.4, 0.5) is 10.5 Å². The first-order valence-corrected chi connectivity index (χ1v) is 11.7. The summed E-state index contributed by atoms with van der Waals surface area (Å²) in [4.78, 5) is 40.1. The molecule has 3 amide bonds. The van der Waals surface area contributed by atoms with E-state index in [1.54, 1.807) is 43.9 Å². The molecule has 3 rings (SSSR count). The maximum absolute atomic E-state index is 13.1. The number of rotatable bonds is 9. The molecule has 1 heterocycles. The first-order valence-electron chi connectivity index (χ1n) is 11.7. The number of amides is 3. The minimum atomic E-state index is -0.678. The molecule has 7 nitrogen and oxygen atoms in total. The molecule has 0 aliphatic carbocycles. The average molecular weight is 464 g/mol. The van der Waals surface area contributed by atoms with E-state index in [2.05, 4.69) is 17.6 Å². The molecule has 0 fully saturated rings. The van der Waals surface area contributed by atoms with Crippen molar-refractivity contribution in [3.05, 3.63) is 77.0 Å². The monoisotopic (exact) mass is 463 g/mol. The fraction of sp³-hybridized carbons (Fsp3) is 0.370. The van der Waals surface area contributed by atoms with Crippen LogP contribution in [0.2, 0.25) is 0 Å². The van der Waals surface area contributed by atoms with Gasteiger partial charge < -0.3 is 15.4 Å². The average Bonchev–Trinajstić information content (AvgIpc) is 2.78. The topological polar surface area (TPSA) is 87.7 Å². The summed E-state index contributed by atoms with van der Waals surface area (Å²) < 4.78 is 5.52. The molecule has 1 atom stereocenters. The van der Waals surface area contributed by atoms with Crippen LogP contribution in [0.15, 0.2) is 65.9 Å². The predicted octanol–water partition coefficient (Wildman–Crippen LogP) is 4.96. The van der Waals surface area contributed by atoms with Crippen molar-refractivity contribution in [2.45, 2.75) is 59.1 Å². The number of nitrogens with zero attached hydrogens (tertiary/aromatic N) is 1. The minimum Gasteiger partial charge on any atom is -0.459 e. The van der Waals surface area contributed by atoms with E-state index in [9.17, 15) is 14.4 Å². The molecule has 0 spiro atoms. The van der Waals surface area contributed by atoms with Crippen LogP contribution in [0.25, 0.3) is 0 Å². The Labute approximate surface area is 201 Å². The van der Waals surface area contributed by atoms with Crippen LogP contribution in [0.3, 0.4) is 0 Å². The normalized spacial score (nSPS) is 15.9. The van der Waals surface area contributed by atoms with E-state index in [4.69, 9.17) is 4.74 Å². The number of ether oxygens (including phenoxy) is 1. The van der Waals surface area contributed by atoms with Crippen LogP contribution in [0.1, 0.15) is 57.7 Å².